The number of amides is 1. The minimum absolute atomic E-state index is 0.0836. The number of benzene rings is 3. The van der Waals surface area contributed by atoms with E-state index in [1.165, 1.54) is 25.5 Å². The first-order valence-electron chi connectivity index (χ1n) is 11.3. The number of rotatable bonds is 11. The molecule has 0 fully saturated rings. The molecular formula is C27H28BrN3O5S. The van der Waals surface area contributed by atoms with Crippen LogP contribution in [0.5, 0.6) is 11.5 Å². The smallest absolute Gasteiger partial charge is 0.264 e. The van der Waals surface area contributed by atoms with Crippen molar-refractivity contribution in [1.82, 2.24) is 5.43 Å². The summed E-state index contributed by atoms with van der Waals surface area (Å²) in [5.41, 5.74) is 5.34. The first kappa shape index (κ1) is 27.9. The molecule has 37 heavy (non-hydrogen) atoms. The molecule has 0 heterocycles. The number of hydrogen-bond acceptors (Lipinski definition) is 6. The molecule has 0 aromatic heterocycles. The number of hydrazone groups is 1. The van der Waals surface area contributed by atoms with Gasteiger partial charge in [0.2, 0.25) is 0 Å². The van der Waals surface area contributed by atoms with E-state index in [9.17, 15) is 13.2 Å². The molecule has 0 unspecified atom stereocenters. The molecule has 0 bridgehead atoms. The standard InChI is InChI=1S/C27H28BrN3O5S/c1-5-13-36-27-24(28)15-21(16-25(27)35-4)17-29-30-26(32)18-31(22-12-11-19(2)20(3)14-22)37(33,34)23-9-7-6-8-10-23/h5-12,14-17H,1,13,18H2,2-4H3,(H,30,32)/b29-17-. The van der Waals surface area contributed by atoms with Gasteiger partial charge in [0.05, 0.1) is 28.4 Å². The SMILES string of the molecule is C=CCOc1c(Br)cc(/C=N\NC(=O)CN(c2ccc(C)c(C)c2)S(=O)(=O)c2ccccc2)cc1OC. The summed E-state index contributed by atoms with van der Waals surface area (Å²) in [5.74, 6) is 0.378. The highest BCUT2D eigenvalue weighted by Crippen LogP contribution is 2.36. The van der Waals surface area contributed by atoms with Crippen molar-refractivity contribution >= 4 is 43.8 Å². The summed E-state index contributed by atoms with van der Waals surface area (Å²) in [6.07, 6.45) is 3.05. The highest BCUT2D eigenvalue weighted by molar-refractivity contribution is 9.10. The van der Waals surface area contributed by atoms with Crippen LogP contribution in [-0.2, 0) is 14.8 Å². The Morgan fingerprint density at radius 1 is 1.11 bits per heavy atom. The van der Waals surface area contributed by atoms with Gasteiger partial charge in [0.25, 0.3) is 15.9 Å². The van der Waals surface area contributed by atoms with Crippen LogP contribution in [0.1, 0.15) is 16.7 Å². The topological polar surface area (TPSA) is 97.3 Å². The Hall–Kier alpha value is -3.63. The molecule has 0 aliphatic heterocycles. The fraction of sp³-hybridized carbons (Fsp3) is 0.185. The predicted octanol–water partition coefficient (Wildman–Crippen LogP) is 4.98. The third-order valence-electron chi connectivity index (χ3n) is 5.40. The lowest BCUT2D eigenvalue weighted by Crippen LogP contribution is -2.39. The van der Waals surface area contributed by atoms with Gasteiger partial charge in [0.1, 0.15) is 13.2 Å². The second-order valence-corrected chi connectivity index (χ2v) is 10.7. The van der Waals surface area contributed by atoms with Gasteiger partial charge in [-0.1, -0.05) is 36.9 Å². The summed E-state index contributed by atoms with van der Waals surface area (Å²) >= 11 is 3.44. The van der Waals surface area contributed by atoms with Gasteiger partial charge in [0, 0.05) is 0 Å². The zero-order valence-electron chi connectivity index (χ0n) is 20.8. The maximum atomic E-state index is 13.4. The van der Waals surface area contributed by atoms with E-state index >= 15 is 0 Å². The van der Waals surface area contributed by atoms with Crippen molar-refractivity contribution < 1.29 is 22.7 Å². The molecule has 0 aliphatic rings. The molecule has 0 radical (unpaired) electrons. The van der Waals surface area contributed by atoms with Crippen molar-refractivity contribution in [3.05, 3.63) is 94.5 Å². The van der Waals surface area contributed by atoms with Gasteiger partial charge in [-0.25, -0.2) is 13.8 Å². The van der Waals surface area contributed by atoms with Gasteiger partial charge in [-0.15, -0.1) is 0 Å². The molecule has 0 spiro atoms. The van der Waals surface area contributed by atoms with E-state index in [2.05, 4.69) is 33.0 Å². The molecule has 0 atom stereocenters. The average molecular weight is 587 g/mol. The number of sulfonamides is 1. The zero-order chi connectivity index (χ0) is 27.0. The molecule has 194 valence electrons. The average Bonchev–Trinajstić information content (AvgIpc) is 2.88. The molecule has 10 heteroatoms. The number of nitrogens with zero attached hydrogens (tertiary/aromatic N) is 2. The van der Waals surface area contributed by atoms with Crippen LogP contribution in [0.15, 0.2) is 87.8 Å². The van der Waals surface area contributed by atoms with Crippen molar-refractivity contribution in [1.29, 1.82) is 0 Å². The number of hydrogen-bond donors (Lipinski definition) is 1. The summed E-state index contributed by atoms with van der Waals surface area (Å²) in [7, 11) is -2.49. The summed E-state index contributed by atoms with van der Waals surface area (Å²) in [4.78, 5) is 12.9. The molecule has 3 aromatic carbocycles. The number of aryl methyl sites for hydroxylation is 2. The molecule has 0 saturated carbocycles. The Kier molecular flexibility index (Phi) is 9.48. The molecule has 1 N–H and O–H groups in total. The number of anilines is 1. The van der Waals surface area contributed by atoms with Crippen molar-refractivity contribution in [2.75, 3.05) is 24.6 Å². The first-order chi connectivity index (χ1) is 17.7. The number of carbonyl (C=O) groups is 1. The van der Waals surface area contributed by atoms with Crippen LogP contribution in [0.2, 0.25) is 0 Å². The van der Waals surface area contributed by atoms with Crippen LogP contribution in [-0.4, -0.2) is 40.8 Å². The maximum absolute atomic E-state index is 13.4. The number of nitrogens with one attached hydrogen (secondary N) is 1. The van der Waals surface area contributed by atoms with E-state index in [0.29, 0.717) is 33.8 Å². The molecule has 0 saturated heterocycles. The van der Waals surface area contributed by atoms with Crippen LogP contribution in [0, 0.1) is 13.8 Å². The third-order valence-corrected chi connectivity index (χ3v) is 7.77. The molecule has 3 rings (SSSR count). The molecule has 1 amide bonds. The van der Waals surface area contributed by atoms with Gasteiger partial charge in [-0.05, 0) is 82.9 Å². The van der Waals surface area contributed by atoms with Crippen molar-refractivity contribution in [3.8, 4) is 11.5 Å². The quantitative estimate of drug-likeness (QED) is 0.194. The van der Waals surface area contributed by atoms with E-state index in [4.69, 9.17) is 9.47 Å². The lowest BCUT2D eigenvalue weighted by Gasteiger charge is -2.24. The Bertz CT molecular complexity index is 1410. The van der Waals surface area contributed by atoms with Crippen LogP contribution < -0.4 is 19.2 Å². The third kappa shape index (κ3) is 6.99. The highest BCUT2D eigenvalue weighted by atomic mass is 79.9. The Morgan fingerprint density at radius 3 is 2.49 bits per heavy atom. The maximum Gasteiger partial charge on any atom is 0.264 e. The van der Waals surface area contributed by atoms with Gasteiger partial charge in [0.15, 0.2) is 11.5 Å². The van der Waals surface area contributed by atoms with E-state index in [1.807, 2.05) is 19.9 Å². The zero-order valence-corrected chi connectivity index (χ0v) is 23.2. The van der Waals surface area contributed by atoms with Gasteiger partial charge >= 0.3 is 0 Å². The van der Waals surface area contributed by atoms with E-state index in [0.717, 1.165) is 15.4 Å². The lowest BCUT2D eigenvalue weighted by molar-refractivity contribution is -0.119. The molecular weight excluding hydrogens is 558 g/mol. The highest BCUT2D eigenvalue weighted by Gasteiger charge is 2.27. The van der Waals surface area contributed by atoms with Crippen LogP contribution in [0.3, 0.4) is 0 Å². The van der Waals surface area contributed by atoms with Crippen molar-refractivity contribution in [3.63, 3.8) is 0 Å². The fourth-order valence-electron chi connectivity index (χ4n) is 3.36. The normalized spacial score (nSPS) is 11.2. The molecule has 3 aromatic rings. The number of halogens is 1. The molecule has 8 nitrogen and oxygen atoms in total. The largest absolute Gasteiger partial charge is 0.493 e. The number of carbonyl (C=O) groups excluding carboxylic acids is 1. The summed E-state index contributed by atoms with van der Waals surface area (Å²) in [6, 6.07) is 16.7. The first-order valence-corrected chi connectivity index (χ1v) is 13.5. The van der Waals surface area contributed by atoms with E-state index < -0.39 is 22.5 Å². The number of methoxy groups -OCH3 is 1. The monoisotopic (exact) mass is 585 g/mol. The second kappa shape index (κ2) is 12.6. The predicted molar refractivity (Wildman–Crippen MR) is 149 cm³/mol. The van der Waals surface area contributed by atoms with Crippen LogP contribution in [0.25, 0.3) is 0 Å². The fourth-order valence-corrected chi connectivity index (χ4v) is 5.36. The number of ether oxygens (including phenoxy) is 2. The van der Waals surface area contributed by atoms with Crippen LogP contribution in [0.4, 0.5) is 5.69 Å². The Morgan fingerprint density at radius 2 is 1.84 bits per heavy atom. The second-order valence-electron chi connectivity index (χ2n) is 8.02. The Labute approximate surface area is 225 Å². The van der Waals surface area contributed by atoms with Crippen molar-refractivity contribution in [2.45, 2.75) is 18.7 Å². The minimum Gasteiger partial charge on any atom is -0.493 e. The summed E-state index contributed by atoms with van der Waals surface area (Å²) in [5, 5.41) is 4.00. The van der Waals surface area contributed by atoms with Gasteiger partial charge in [-0.3, -0.25) is 9.10 Å². The van der Waals surface area contributed by atoms with Crippen LogP contribution >= 0.6 is 15.9 Å². The van der Waals surface area contributed by atoms with E-state index in [-0.39, 0.29) is 4.90 Å². The minimum atomic E-state index is -4.01. The van der Waals surface area contributed by atoms with Gasteiger partial charge < -0.3 is 9.47 Å². The van der Waals surface area contributed by atoms with Gasteiger partial charge in [-0.2, -0.15) is 5.10 Å². The molecule has 0 aliphatic carbocycles. The lowest BCUT2D eigenvalue weighted by atomic mass is 10.1. The summed E-state index contributed by atoms with van der Waals surface area (Å²) < 4.78 is 39.6. The van der Waals surface area contributed by atoms with Crippen molar-refractivity contribution in [2.24, 2.45) is 5.10 Å². The summed E-state index contributed by atoms with van der Waals surface area (Å²) in [6.45, 7) is 7.30. The van der Waals surface area contributed by atoms with E-state index in [1.54, 1.807) is 48.5 Å². The Balaban J connectivity index is 1.82.